The van der Waals surface area contributed by atoms with E-state index in [0.29, 0.717) is 5.46 Å². The van der Waals surface area contributed by atoms with Gasteiger partial charge in [0.05, 0.1) is 0 Å². The van der Waals surface area contributed by atoms with Crippen LogP contribution in [-0.4, -0.2) is 17.2 Å². The van der Waals surface area contributed by atoms with Gasteiger partial charge in [0.25, 0.3) is 0 Å². The maximum absolute atomic E-state index is 10.1. The molecule has 538 valence electrons. The Kier molecular flexibility index (Phi) is 18.5. The molecule has 2 aliphatic carbocycles. The average molecular weight is 1700 g/mol. The van der Waals surface area contributed by atoms with Gasteiger partial charge in [-0.05, 0) is 231 Å². The van der Waals surface area contributed by atoms with Crippen molar-refractivity contribution in [2.24, 2.45) is 0 Å². The minimum atomic E-state index is -1.52. The summed E-state index contributed by atoms with van der Waals surface area (Å²) in [7, 11) is -1.52. The highest BCUT2D eigenvalue weighted by atomic mass is 127. The van der Waals surface area contributed by atoms with Crippen LogP contribution in [0.15, 0.2) is 406 Å². The largest absolute Gasteiger partial charge is 0.489 e. The summed E-state index contributed by atoms with van der Waals surface area (Å²) in [6.07, 6.45) is 0. The normalized spacial score (nSPS) is 11.6. The second kappa shape index (κ2) is 29.9. The number of hydrogen-bond donors (Lipinski definition) is 2. The molecular formula is C106H66BBr2IO4. The molecule has 23 rings (SSSR count). The van der Waals surface area contributed by atoms with E-state index >= 15 is 0 Å². The fraction of sp³-hybridized carbons (Fsp3) is 0. The quantitative estimate of drug-likeness (QED) is 0.118. The fourth-order valence-corrected chi connectivity index (χ4v) is 19.4. The number of para-hydroxylation sites is 4. The molecular weight excluding hydrogens is 1630 g/mol. The van der Waals surface area contributed by atoms with Crippen LogP contribution in [0.4, 0.5) is 0 Å². The highest BCUT2D eigenvalue weighted by Crippen LogP contribution is 2.60. The predicted molar refractivity (Wildman–Crippen MR) is 495 cm³/mol. The van der Waals surface area contributed by atoms with Crippen molar-refractivity contribution >= 4 is 154 Å². The molecule has 8 heteroatoms. The summed E-state index contributed by atoms with van der Waals surface area (Å²) in [6.45, 7) is 0. The summed E-state index contributed by atoms with van der Waals surface area (Å²) >= 11 is 9.16. The lowest BCUT2D eigenvalue weighted by Gasteiger charge is -2.20. The van der Waals surface area contributed by atoms with Gasteiger partial charge in [-0.2, -0.15) is 0 Å². The number of halogens is 3. The van der Waals surface area contributed by atoms with Gasteiger partial charge in [0.2, 0.25) is 0 Å². The number of benzene rings is 19. The fourth-order valence-electron chi connectivity index (χ4n) is 17.6. The van der Waals surface area contributed by atoms with Crippen molar-refractivity contribution in [3.8, 4) is 122 Å². The Bertz CT molecular complexity index is 7160. The molecule has 0 bridgehead atoms. The Balaban J connectivity index is 0.000000114. The summed E-state index contributed by atoms with van der Waals surface area (Å²) in [6, 6.07) is 137. The molecule has 4 nitrogen and oxygen atoms in total. The number of rotatable bonds is 8. The lowest BCUT2D eigenvalue weighted by atomic mass is 9.76. The highest BCUT2D eigenvalue weighted by Gasteiger charge is 2.34. The highest BCUT2D eigenvalue weighted by molar-refractivity contribution is 14.1. The SMILES string of the molecule is Brc1cccc(-c2cccc3c2oc2ccccc23)c1.Brc1cccc(I)c1.OB(O)c1ccc2c3c(cccc13)-c1c-2c(-c2ccccc2)c2ccccc2c1-c1ccccc1.c1ccc(-c2c3c(c(-c4ccccc4)c4ccccc24)-c2ccc(-c4cccc(-c5cccc6c5oc5ccccc56)c4)c4cccc-3c24)cc1. The zero-order valence-corrected chi connectivity index (χ0v) is 66.7. The Labute approximate surface area is 690 Å². The summed E-state index contributed by atoms with van der Waals surface area (Å²) in [5.74, 6) is 0. The van der Waals surface area contributed by atoms with E-state index in [0.717, 1.165) is 91.6 Å². The molecule has 0 saturated heterocycles. The smallest absolute Gasteiger partial charge is 0.455 e. The van der Waals surface area contributed by atoms with E-state index in [4.69, 9.17) is 8.83 Å². The molecule has 0 aliphatic heterocycles. The number of furan rings is 2. The van der Waals surface area contributed by atoms with Crippen molar-refractivity contribution in [2.45, 2.75) is 0 Å². The van der Waals surface area contributed by atoms with Crippen LogP contribution in [0.1, 0.15) is 0 Å². The van der Waals surface area contributed by atoms with Crippen molar-refractivity contribution in [3.63, 3.8) is 0 Å². The van der Waals surface area contributed by atoms with Crippen LogP contribution in [0.25, 0.3) is 209 Å². The molecule has 0 fully saturated rings. The third kappa shape index (κ3) is 12.4. The van der Waals surface area contributed by atoms with Gasteiger partial charge in [-0.3, -0.25) is 0 Å². The summed E-state index contributed by atoms with van der Waals surface area (Å²) < 4.78 is 16.0. The molecule has 0 unspecified atom stereocenters. The van der Waals surface area contributed by atoms with Crippen molar-refractivity contribution in [1.29, 1.82) is 0 Å². The van der Waals surface area contributed by atoms with Gasteiger partial charge in [-0.25, -0.2) is 0 Å². The topological polar surface area (TPSA) is 66.7 Å². The Morgan fingerprint density at radius 1 is 0.219 bits per heavy atom. The second-order valence-corrected chi connectivity index (χ2v) is 31.9. The summed E-state index contributed by atoms with van der Waals surface area (Å²) in [5.41, 5.74) is 31.0. The summed E-state index contributed by atoms with van der Waals surface area (Å²) in [5, 5.41) is 34.4. The first-order valence-electron chi connectivity index (χ1n) is 38.2. The first-order chi connectivity index (χ1) is 56.2. The zero-order chi connectivity index (χ0) is 76.5. The van der Waals surface area contributed by atoms with Gasteiger partial charge in [-0.15, -0.1) is 0 Å². The van der Waals surface area contributed by atoms with Crippen LogP contribution in [-0.2, 0) is 0 Å². The van der Waals surface area contributed by atoms with E-state index in [1.54, 1.807) is 0 Å². The van der Waals surface area contributed by atoms with Gasteiger partial charge < -0.3 is 18.9 Å². The van der Waals surface area contributed by atoms with Crippen LogP contribution in [0.3, 0.4) is 0 Å². The van der Waals surface area contributed by atoms with Gasteiger partial charge >= 0.3 is 7.12 Å². The standard InChI is InChI=1S/C50H30O.C32H21BO2.C18H11BrO.C6H4BrI/c1-3-14-31(15-4-1)45-39-21-7-8-22-40(39)46(32-16-5-2-6-17-32)49-43-29-28-35(38-24-13-26-42(47(38)43)48(45)49)33-18-11-19-34(30-33)36-23-12-25-41-37-20-9-10-27-44(37)51-50(36)41;34-33(35)27-19-18-26-30-24(27)16-9-17-25(30)31-28(20-10-3-1-4-11-20)22-14-7-8-15-23(22)29(32(26)31)21-12-5-2-6-13-21;19-13-6-3-5-12(11-13)14-8-4-9-16-15-7-1-2-10-17(15)20-18(14)16;7-5-2-1-3-6(8)4-5/h1-30H;1-19,34-35H;1-11H;1-4H. The van der Waals surface area contributed by atoms with E-state index in [2.05, 4.69) is 376 Å². The van der Waals surface area contributed by atoms with Crippen molar-refractivity contribution in [2.75, 3.05) is 0 Å². The predicted octanol–water partition coefficient (Wildman–Crippen LogP) is 29.9. The molecule has 2 heterocycles. The van der Waals surface area contributed by atoms with Crippen LogP contribution in [0.5, 0.6) is 0 Å². The average Bonchev–Trinajstić information content (AvgIpc) is 1.53. The van der Waals surface area contributed by atoms with Crippen molar-refractivity contribution in [1.82, 2.24) is 0 Å². The molecule has 0 amide bonds. The van der Waals surface area contributed by atoms with Crippen molar-refractivity contribution < 1.29 is 18.9 Å². The maximum atomic E-state index is 10.1. The monoisotopic (exact) mass is 1700 g/mol. The van der Waals surface area contributed by atoms with Gasteiger partial charge in [0, 0.05) is 45.2 Å². The molecule has 2 N–H and O–H groups in total. The lowest BCUT2D eigenvalue weighted by molar-refractivity contribution is 0.426. The van der Waals surface area contributed by atoms with Crippen LogP contribution < -0.4 is 5.46 Å². The molecule has 0 radical (unpaired) electrons. The van der Waals surface area contributed by atoms with E-state index < -0.39 is 7.12 Å². The van der Waals surface area contributed by atoms with Crippen molar-refractivity contribution in [3.05, 3.63) is 401 Å². The first kappa shape index (κ1) is 70.6. The van der Waals surface area contributed by atoms with Crippen LogP contribution in [0.2, 0.25) is 0 Å². The van der Waals surface area contributed by atoms with Crippen LogP contribution >= 0.6 is 54.5 Å². The van der Waals surface area contributed by atoms with E-state index in [9.17, 15) is 10.0 Å². The van der Waals surface area contributed by atoms with Gasteiger partial charge in [0.15, 0.2) is 0 Å². The zero-order valence-electron chi connectivity index (χ0n) is 61.4. The molecule has 114 heavy (non-hydrogen) atoms. The molecule has 2 aliphatic rings. The molecule has 0 atom stereocenters. The minimum Gasteiger partial charge on any atom is -0.455 e. The molecule has 19 aromatic carbocycles. The Hall–Kier alpha value is -12.5. The van der Waals surface area contributed by atoms with Crippen LogP contribution in [0, 0.1) is 3.57 Å². The first-order valence-corrected chi connectivity index (χ1v) is 40.8. The van der Waals surface area contributed by atoms with E-state index in [-0.39, 0.29) is 0 Å². The number of fused-ring (bicyclic) bond motifs is 14. The molecule has 2 aromatic heterocycles. The molecule has 0 spiro atoms. The van der Waals surface area contributed by atoms with E-state index in [1.807, 2.05) is 66.7 Å². The minimum absolute atomic E-state index is 0.533. The third-order valence-corrected chi connectivity index (χ3v) is 24.0. The molecule has 21 aromatic rings. The van der Waals surface area contributed by atoms with Gasteiger partial charge in [0.1, 0.15) is 22.3 Å². The second-order valence-electron chi connectivity index (χ2n) is 28.8. The lowest BCUT2D eigenvalue weighted by Crippen LogP contribution is -2.30. The Morgan fingerprint density at radius 2 is 0.518 bits per heavy atom. The van der Waals surface area contributed by atoms with Gasteiger partial charge in [-0.1, -0.05) is 372 Å². The molecule has 0 saturated carbocycles. The Morgan fingerprint density at radius 3 is 0.930 bits per heavy atom. The summed E-state index contributed by atoms with van der Waals surface area (Å²) in [4.78, 5) is 0. The number of hydrogen-bond acceptors (Lipinski definition) is 4. The third-order valence-electron chi connectivity index (χ3n) is 22.4. The van der Waals surface area contributed by atoms with E-state index in [1.165, 1.54) is 130 Å². The maximum Gasteiger partial charge on any atom is 0.489 e.